The smallest absolute Gasteiger partial charge is 0.248 e. The molecule has 0 saturated heterocycles. The summed E-state index contributed by atoms with van der Waals surface area (Å²) in [5, 5.41) is 5.97. The lowest BCUT2D eigenvalue weighted by Gasteiger charge is -2.05. The molecule has 26 heavy (non-hydrogen) atoms. The number of rotatable bonds is 5. The minimum atomic E-state index is -0.143. The first kappa shape index (κ1) is 18.1. The molecule has 1 heterocycles. The number of aryl methyl sites for hydroxylation is 1. The molecule has 2 aromatic carbocycles. The summed E-state index contributed by atoms with van der Waals surface area (Å²) in [7, 11) is 0. The SMILES string of the molecule is Cc1nc(-c2ccc(NC(=O)/C=C/c3ccc(C(C)C)cc3)cc2)cs1. The van der Waals surface area contributed by atoms with Crippen molar-refractivity contribution in [3.05, 3.63) is 76.1 Å². The molecule has 0 aliphatic carbocycles. The lowest BCUT2D eigenvalue weighted by Crippen LogP contribution is -2.07. The van der Waals surface area contributed by atoms with E-state index in [1.807, 2.05) is 54.8 Å². The fourth-order valence-electron chi connectivity index (χ4n) is 2.57. The number of carbonyl (C=O) groups excluding carboxylic acids is 1. The van der Waals surface area contributed by atoms with Crippen LogP contribution in [-0.4, -0.2) is 10.9 Å². The Kier molecular flexibility index (Phi) is 5.64. The van der Waals surface area contributed by atoms with Crippen LogP contribution in [0.5, 0.6) is 0 Å². The number of thiazole rings is 1. The third-order valence-electron chi connectivity index (χ3n) is 4.10. The number of benzene rings is 2. The fourth-order valence-corrected chi connectivity index (χ4v) is 3.19. The van der Waals surface area contributed by atoms with Crippen LogP contribution in [0.3, 0.4) is 0 Å². The molecule has 132 valence electrons. The van der Waals surface area contributed by atoms with Gasteiger partial charge in [-0.1, -0.05) is 50.2 Å². The van der Waals surface area contributed by atoms with E-state index >= 15 is 0 Å². The van der Waals surface area contributed by atoms with Gasteiger partial charge in [0.1, 0.15) is 0 Å². The van der Waals surface area contributed by atoms with Crippen LogP contribution in [0.15, 0.2) is 60.0 Å². The minimum absolute atomic E-state index is 0.143. The van der Waals surface area contributed by atoms with Crippen LogP contribution in [0.1, 0.15) is 35.9 Å². The molecular formula is C22H22N2OS. The van der Waals surface area contributed by atoms with Crippen molar-refractivity contribution < 1.29 is 4.79 Å². The van der Waals surface area contributed by atoms with Crippen molar-refractivity contribution in [2.45, 2.75) is 26.7 Å². The second-order valence-corrected chi connectivity index (χ2v) is 7.54. The van der Waals surface area contributed by atoms with Crippen molar-refractivity contribution in [1.29, 1.82) is 0 Å². The lowest BCUT2D eigenvalue weighted by molar-refractivity contribution is -0.111. The van der Waals surface area contributed by atoms with Crippen molar-refractivity contribution in [2.24, 2.45) is 0 Å². The Bertz CT molecular complexity index is 906. The topological polar surface area (TPSA) is 42.0 Å². The summed E-state index contributed by atoms with van der Waals surface area (Å²) in [5.74, 6) is 0.364. The van der Waals surface area contributed by atoms with E-state index in [2.05, 4.69) is 36.3 Å². The molecule has 1 N–H and O–H groups in total. The van der Waals surface area contributed by atoms with Gasteiger partial charge in [-0.15, -0.1) is 11.3 Å². The first-order valence-corrected chi connectivity index (χ1v) is 9.51. The predicted molar refractivity (Wildman–Crippen MR) is 110 cm³/mol. The Hall–Kier alpha value is -2.72. The van der Waals surface area contributed by atoms with E-state index in [1.54, 1.807) is 17.4 Å². The highest BCUT2D eigenvalue weighted by molar-refractivity contribution is 7.09. The van der Waals surface area contributed by atoms with Crippen LogP contribution in [0.4, 0.5) is 5.69 Å². The zero-order valence-electron chi connectivity index (χ0n) is 15.2. The lowest BCUT2D eigenvalue weighted by atomic mass is 10.0. The van der Waals surface area contributed by atoms with E-state index in [0.29, 0.717) is 5.92 Å². The first-order valence-electron chi connectivity index (χ1n) is 8.63. The maximum absolute atomic E-state index is 12.1. The number of carbonyl (C=O) groups is 1. The quantitative estimate of drug-likeness (QED) is 0.575. The van der Waals surface area contributed by atoms with Crippen LogP contribution in [0, 0.1) is 6.92 Å². The van der Waals surface area contributed by atoms with Gasteiger partial charge >= 0.3 is 0 Å². The van der Waals surface area contributed by atoms with Crippen molar-refractivity contribution in [3.63, 3.8) is 0 Å². The number of hydrogen-bond acceptors (Lipinski definition) is 3. The molecule has 3 nitrogen and oxygen atoms in total. The zero-order chi connectivity index (χ0) is 18.5. The first-order chi connectivity index (χ1) is 12.5. The maximum atomic E-state index is 12.1. The molecular weight excluding hydrogens is 340 g/mol. The van der Waals surface area contributed by atoms with Crippen molar-refractivity contribution in [3.8, 4) is 11.3 Å². The summed E-state index contributed by atoms with van der Waals surface area (Å²) in [6.07, 6.45) is 3.38. The number of amides is 1. The Labute approximate surface area is 158 Å². The van der Waals surface area contributed by atoms with E-state index in [-0.39, 0.29) is 5.91 Å². The average Bonchev–Trinajstić information content (AvgIpc) is 3.07. The molecule has 0 aliphatic heterocycles. The van der Waals surface area contributed by atoms with Crippen LogP contribution >= 0.6 is 11.3 Å². The number of aromatic nitrogens is 1. The maximum Gasteiger partial charge on any atom is 0.248 e. The van der Waals surface area contributed by atoms with Gasteiger partial charge in [-0.2, -0.15) is 0 Å². The summed E-state index contributed by atoms with van der Waals surface area (Å²) in [5.41, 5.74) is 5.09. The Morgan fingerprint density at radius 2 is 1.77 bits per heavy atom. The van der Waals surface area contributed by atoms with Gasteiger partial charge in [-0.25, -0.2) is 4.98 Å². The highest BCUT2D eigenvalue weighted by atomic mass is 32.1. The van der Waals surface area contributed by atoms with E-state index in [0.717, 1.165) is 27.5 Å². The summed E-state index contributed by atoms with van der Waals surface area (Å²) >= 11 is 1.63. The second-order valence-electron chi connectivity index (χ2n) is 6.47. The highest BCUT2D eigenvalue weighted by Crippen LogP contribution is 2.23. The van der Waals surface area contributed by atoms with Gasteiger partial charge < -0.3 is 5.32 Å². The molecule has 0 radical (unpaired) electrons. The molecule has 0 spiro atoms. The molecule has 0 saturated carbocycles. The molecule has 3 rings (SSSR count). The number of nitrogens with one attached hydrogen (secondary N) is 1. The van der Waals surface area contributed by atoms with Crippen LogP contribution in [0.25, 0.3) is 17.3 Å². The predicted octanol–water partition coefficient (Wildman–Crippen LogP) is 5.89. The second kappa shape index (κ2) is 8.11. The van der Waals surface area contributed by atoms with Gasteiger partial charge in [0, 0.05) is 22.7 Å². The molecule has 1 amide bonds. The third kappa shape index (κ3) is 4.67. The minimum Gasteiger partial charge on any atom is -0.323 e. The summed E-state index contributed by atoms with van der Waals surface area (Å²) < 4.78 is 0. The van der Waals surface area contributed by atoms with E-state index in [4.69, 9.17) is 0 Å². The van der Waals surface area contributed by atoms with E-state index < -0.39 is 0 Å². The Morgan fingerprint density at radius 1 is 1.08 bits per heavy atom. The van der Waals surface area contributed by atoms with Crippen molar-refractivity contribution in [1.82, 2.24) is 4.98 Å². The number of hydrogen-bond donors (Lipinski definition) is 1. The van der Waals surface area contributed by atoms with Crippen LogP contribution < -0.4 is 5.32 Å². The molecule has 4 heteroatoms. The van der Waals surface area contributed by atoms with Gasteiger partial charge in [0.05, 0.1) is 10.7 Å². The monoisotopic (exact) mass is 362 g/mol. The van der Waals surface area contributed by atoms with E-state index in [9.17, 15) is 4.79 Å². The third-order valence-corrected chi connectivity index (χ3v) is 4.87. The van der Waals surface area contributed by atoms with Gasteiger partial charge in [0.2, 0.25) is 5.91 Å². The molecule has 0 unspecified atom stereocenters. The molecule has 0 bridgehead atoms. The Balaban J connectivity index is 1.60. The summed E-state index contributed by atoms with van der Waals surface area (Å²) in [6.45, 7) is 6.32. The van der Waals surface area contributed by atoms with Crippen molar-refractivity contribution >= 4 is 29.0 Å². The number of nitrogens with zero attached hydrogens (tertiary/aromatic N) is 1. The average molecular weight is 362 g/mol. The molecule has 0 aliphatic rings. The van der Waals surface area contributed by atoms with Gasteiger partial charge in [0.25, 0.3) is 0 Å². The fraction of sp³-hybridized carbons (Fsp3) is 0.182. The zero-order valence-corrected chi connectivity index (χ0v) is 16.0. The molecule has 0 atom stereocenters. The van der Waals surface area contributed by atoms with E-state index in [1.165, 1.54) is 5.56 Å². The Morgan fingerprint density at radius 3 is 2.35 bits per heavy atom. The van der Waals surface area contributed by atoms with Gasteiger partial charge in [0.15, 0.2) is 0 Å². The number of anilines is 1. The summed E-state index contributed by atoms with van der Waals surface area (Å²) in [4.78, 5) is 16.6. The van der Waals surface area contributed by atoms with Gasteiger partial charge in [-0.05, 0) is 42.2 Å². The van der Waals surface area contributed by atoms with Crippen molar-refractivity contribution in [2.75, 3.05) is 5.32 Å². The van der Waals surface area contributed by atoms with Crippen LogP contribution in [0.2, 0.25) is 0 Å². The molecule has 3 aromatic rings. The summed E-state index contributed by atoms with van der Waals surface area (Å²) in [6, 6.07) is 16.0. The highest BCUT2D eigenvalue weighted by Gasteiger charge is 2.03. The van der Waals surface area contributed by atoms with Gasteiger partial charge in [-0.3, -0.25) is 4.79 Å². The largest absolute Gasteiger partial charge is 0.323 e. The standard InChI is InChI=1S/C22H22N2OS/c1-15(2)18-7-4-17(5-8-18)6-13-22(25)24-20-11-9-19(10-12-20)21-14-26-16(3)23-21/h4-15H,1-3H3,(H,24,25)/b13-6+. The molecule has 1 aromatic heterocycles. The normalized spacial score (nSPS) is 11.2. The van der Waals surface area contributed by atoms with Crippen LogP contribution in [-0.2, 0) is 4.79 Å². The molecule has 0 fully saturated rings.